The summed E-state index contributed by atoms with van der Waals surface area (Å²) in [6.07, 6.45) is 1.15. The SMILES string of the molecule is CS(=O)(=O)c1cc(Br)cc(-c2cc(N)on2)c1. The minimum atomic E-state index is -3.27. The zero-order valence-electron chi connectivity index (χ0n) is 8.84. The molecular formula is C10H9BrN2O3S. The van der Waals surface area contributed by atoms with Crippen LogP contribution in [-0.4, -0.2) is 19.8 Å². The number of sulfone groups is 1. The second-order valence-electron chi connectivity index (χ2n) is 3.56. The maximum atomic E-state index is 11.5. The summed E-state index contributed by atoms with van der Waals surface area (Å²) in [5.74, 6) is 0.181. The van der Waals surface area contributed by atoms with E-state index in [0.717, 1.165) is 6.26 Å². The van der Waals surface area contributed by atoms with Gasteiger partial charge in [-0.25, -0.2) is 8.42 Å². The predicted molar refractivity (Wildman–Crippen MR) is 67.2 cm³/mol. The first kappa shape index (κ1) is 12.1. The first-order valence-corrected chi connectivity index (χ1v) is 7.28. The normalized spacial score (nSPS) is 11.6. The third-order valence-electron chi connectivity index (χ3n) is 2.12. The van der Waals surface area contributed by atoms with Crippen molar-refractivity contribution in [1.82, 2.24) is 5.16 Å². The average Bonchev–Trinajstić information content (AvgIpc) is 2.62. The van der Waals surface area contributed by atoms with E-state index in [9.17, 15) is 8.42 Å². The van der Waals surface area contributed by atoms with E-state index in [2.05, 4.69) is 21.1 Å². The standard InChI is InChI=1S/C10H9BrN2O3S/c1-17(14,15)8-3-6(2-7(11)4-8)9-5-10(12)16-13-9/h2-5H,12H2,1H3. The van der Waals surface area contributed by atoms with Gasteiger partial charge in [0.25, 0.3) is 0 Å². The van der Waals surface area contributed by atoms with E-state index >= 15 is 0 Å². The van der Waals surface area contributed by atoms with Gasteiger partial charge in [-0.1, -0.05) is 21.1 Å². The molecule has 1 heterocycles. The zero-order chi connectivity index (χ0) is 12.6. The van der Waals surface area contributed by atoms with E-state index in [-0.39, 0.29) is 10.8 Å². The second-order valence-corrected chi connectivity index (χ2v) is 6.49. The highest BCUT2D eigenvalue weighted by molar-refractivity contribution is 9.10. The summed E-state index contributed by atoms with van der Waals surface area (Å²) in [7, 11) is -3.27. The lowest BCUT2D eigenvalue weighted by atomic mass is 10.1. The molecule has 0 aliphatic carbocycles. The van der Waals surface area contributed by atoms with E-state index in [1.165, 1.54) is 18.2 Å². The number of hydrogen-bond acceptors (Lipinski definition) is 5. The molecule has 5 nitrogen and oxygen atoms in total. The zero-order valence-corrected chi connectivity index (χ0v) is 11.2. The summed E-state index contributed by atoms with van der Waals surface area (Å²) >= 11 is 3.26. The number of anilines is 1. The molecule has 0 fully saturated rings. The van der Waals surface area contributed by atoms with Crippen molar-refractivity contribution in [2.24, 2.45) is 0 Å². The van der Waals surface area contributed by atoms with Crippen molar-refractivity contribution in [2.45, 2.75) is 4.90 Å². The molecule has 0 unspecified atom stereocenters. The highest BCUT2D eigenvalue weighted by Crippen LogP contribution is 2.27. The minimum Gasteiger partial charge on any atom is -0.368 e. The molecular weight excluding hydrogens is 308 g/mol. The largest absolute Gasteiger partial charge is 0.368 e. The van der Waals surface area contributed by atoms with E-state index in [4.69, 9.17) is 10.3 Å². The first-order chi connectivity index (χ1) is 7.86. The van der Waals surface area contributed by atoms with Crippen LogP contribution in [0.2, 0.25) is 0 Å². The van der Waals surface area contributed by atoms with Crippen LogP contribution in [0.1, 0.15) is 0 Å². The van der Waals surface area contributed by atoms with Gasteiger partial charge in [-0.3, -0.25) is 0 Å². The van der Waals surface area contributed by atoms with Gasteiger partial charge < -0.3 is 10.3 Å². The summed E-state index contributed by atoms with van der Waals surface area (Å²) in [6, 6.07) is 6.33. The third-order valence-corrected chi connectivity index (χ3v) is 3.67. The van der Waals surface area contributed by atoms with Gasteiger partial charge in [0.1, 0.15) is 5.69 Å². The van der Waals surface area contributed by atoms with E-state index < -0.39 is 9.84 Å². The van der Waals surface area contributed by atoms with E-state index in [1.807, 2.05) is 0 Å². The Labute approximate surface area is 107 Å². The maximum Gasteiger partial charge on any atom is 0.222 e. The van der Waals surface area contributed by atoms with Crippen LogP contribution in [0, 0.1) is 0 Å². The van der Waals surface area contributed by atoms with Gasteiger partial charge in [0.15, 0.2) is 9.84 Å². The Hall–Kier alpha value is -1.34. The maximum absolute atomic E-state index is 11.5. The van der Waals surface area contributed by atoms with Crippen molar-refractivity contribution in [3.63, 3.8) is 0 Å². The van der Waals surface area contributed by atoms with E-state index in [1.54, 1.807) is 6.07 Å². The van der Waals surface area contributed by atoms with Crippen LogP contribution in [-0.2, 0) is 9.84 Å². The fourth-order valence-electron chi connectivity index (χ4n) is 1.35. The molecule has 0 radical (unpaired) electrons. The summed E-state index contributed by atoms with van der Waals surface area (Å²) in [4.78, 5) is 0.212. The van der Waals surface area contributed by atoms with Crippen molar-refractivity contribution in [2.75, 3.05) is 12.0 Å². The van der Waals surface area contributed by atoms with Crippen molar-refractivity contribution in [3.8, 4) is 11.3 Å². The van der Waals surface area contributed by atoms with Gasteiger partial charge in [-0.2, -0.15) is 0 Å². The van der Waals surface area contributed by atoms with Crippen LogP contribution in [0.25, 0.3) is 11.3 Å². The van der Waals surface area contributed by atoms with E-state index in [0.29, 0.717) is 15.7 Å². The molecule has 0 aliphatic heterocycles. The van der Waals surface area contributed by atoms with Crippen molar-refractivity contribution in [3.05, 3.63) is 28.7 Å². The smallest absolute Gasteiger partial charge is 0.222 e. The number of rotatable bonds is 2. The second kappa shape index (κ2) is 4.15. The molecule has 0 amide bonds. The molecule has 2 aromatic rings. The molecule has 90 valence electrons. The highest BCUT2D eigenvalue weighted by Gasteiger charge is 2.12. The van der Waals surface area contributed by atoms with Gasteiger partial charge in [0.05, 0.1) is 4.90 Å². The van der Waals surface area contributed by atoms with Gasteiger partial charge in [0, 0.05) is 22.4 Å². The molecule has 0 bridgehead atoms. The van der Waals surface area contributed by atoms with Crippen molar-refractivity contribution in [1.29, 1.82) is 0 Å². The topological polar surface area (TPSA) is 86.2 Å². The van der Waals surface area contributed by atoms with Crippen molar-refractivity contribution >= 4 is 31.7 Å². The Morgan fingerprint density at radius 2 is 2.00 bits per heavy atom. The fourth-order valence-corrected chi connectivity index (χ4v) is 2.68. The Balaban J connectivity index is 2.60. The van der Waals surface area contributed by atoms with Gasteiger partial charge in [-0.15, -0.1) is 0 Å². The number of hydrogen-bond donors (Lipinski definition) is 1. The molecule has 1 aromatic carbocycles. The Bertz CT molecular complexity index is 664. The number of aromatic nitrogens is 1. The van der Waals surface area contributed by atoms with Crippen LogP contribution >= 0.6 is 15.9 Å². The average molecular weight is 317 g/mol. The summed E-state index contributed by atoms with van der Waals surface area (Å²) < 4.78 is 28.4. The summed E-state index contributed by atoms with van der Waals surface area (Å²) in [5, 5.41) is 3.73. The lowest BCUT2D eigenvalue weighted by Crippen LogP contribution is -1.97. The Kier molecular flexibility index (Phi) is 2.96. The van der Waals surface area contributed by atoms with Gasteiger partial charge in [0.2, 0.25) is 5.88 Å². The van der Waals surface area contributed by atoms with Crippen molar-refractivity contribution < 1.29 is 12.9 Å². The van der Waals surface area contributed by atoms with Crippen LogP contribution in [0.5, 0.6) is 0 Å². The molecule has 2 rings (SSSR count). The molecule has 17 heavy (non-hydrogen) atoms. The number of nitrogens with zero attached hydrogens (tertiary/aromatic N) is 1. The lowest BCUT2D eigenvalue weighted by molar-refractivity contribution is 0.439. The van der Waals surface area contributed by atoms with Crippen LogP contribution in [0.4, 0.5) is 5.88 Å². The van der Waals surface area contributed by atoms with Gasteiger partial charge in [-0.05, 0) is 18.2 Å². The molecule has 7 heteroatoms. The van der Waals surface area contributed by atoms with Crippen LogP contribution < -0.4 is 5.73 Å². The number of nitrogen functional groups attached to an aromatic ring is 1. The fraction of sp³-hybridized carbons (Fsp3) is 0.100. The lowest BCUT2D eigenvalue weighted by Gasteiger charge is -2.02. The van der Waals surface area contributed by atoms with Crippen LogP contribution in [0.3, 0.4) is 0 Å². The Morgan fingerprint density at radius 3 is 2.53 bits per heavy atom. The minimum absolute atomic E-state index is 0.181. The Morgan fingerprint density at radius 1 is 1.29 bits per heavy atom. The molecule has 0 saturated heterocycles. The summed E-state index contributed by atoms with van der Waals surface area (Å²) in [5.41, 5.74) is 6.54. The number of nitrogens with two attached hydrogens (primary N) is 1. The predicted octanol–water partition coefficient (Wildman–Crippen LogP) is 2.09. The molecule has 1 aromatic heterocycles. The quantitative estimate of drug-likeness (QED) is 0.916. The van der Waals surface area contributed by atoms with Gasteiger partial charge >= 0.3 is 0 Å². The first-order valence-electron chi connectivity index (χ1n) is 4.59. The number of halogens is 1. The molecule has 0 aliphatic rings. The molecule has 0 atom stereocenters. The van der Waals surface area contributed by atoms with Crippen LogP contribution in [0.15, 0.2) is 38.2 Å². The third kappa shape index (κ3) is 2.67. The molecule has 0 saturated carbocycles. The molecule has 0 spiro atoms. The monoisotopic (exact) mass is 316 g/mol. The molecule has 2 N–H and O–H groups in total. The highest BCUT2D eigenvalue weighted by atomic mass is 79.9. The summed E-state index contributed by atoms with van der Waals surface area (Å²) in [6.45, 7) is 0. The number of benzene rings is 1.